The summed E-state index contributed by atoms with van der Waals surface area (Å²) in [6.07, 6.45) is 2.24. The molecule has 0 aliphatic heterocycles. The molecule has 0 bridgehead atoms. The van der Waals surface area contributed by atoms with E-state index in [4.69, 9.17) is 10.5 Å². The quantitative estimate of drug-likeness (QED) is 0.770. The molecule has 19 heavy (non-hydrogen) atoms. The molecule has 0 aliphatic rings. The van der Waals surface area contributed by atoms with Gasteiger partial charge in [0, 0.05) is 0 Å². The summed E-state index contributed by atoms with van der Waals surface area (Å²) in [4.78, 5) is 11.8. The van der Waals surface area contributed by atoms with Crippen LogP contribution in [0.2, 0.25) is 0 Å². The fourth-order valence-electron chi connectivity index (χ4n) is 2.08. The predicted octanol–water partition coefficient (Wildman–Crippen LogP) is 2.92. The molecule has 1 aromatic rings. The average Bonchev–Trinajstić information content (AvgIpc) is 2.36. The molecule has 1 unspecified atom stereocenters. The first-order chi connectivity index (χ1) is 8.99. The van der Waals surface area contributed by atoms with Crippen molar-refractivity contribution in [3.8, 4) is 0 Å². The highest BCUT2D eigenvalue weighted by Crippen LogP contribution is 2.10. The molecule has 106 valence electrons. The van der Waals surface area contributed by atoms with Crippen LogP contribution in [0.3, 0.4) is 0 Å². The fourth-order valence-corrected chi connectivity index (χ4v) is 2.08. The second-order valence-corrected chi connectivity index (χ2v) is 5.51. The summed E-state index contributed by atoms with van der Waals surface area (Å²) >= 11 is 0. The minimum Gasteiger partial charge on any atom is -0.462 e. The van der Waals surface area contributed by atoms with Gasteiger partial charge in [0.2, 0.25) is 0 Å². The van der Waals surface area contributed by atoms with Gasteiger partial charge in [-0.25, -0.2) is 0 Å². The van der Waals surface area contributed by atoms with E-state index >= 15 is 0 Å². The molecule has 0 spiro atoms. The average molecular weight is 263 g/mol. The van der Waals surface area contributed by atoms with Gasteiger partial charge in [0.1, 0.15) is 6.04 Å². The highest BCUT2D eigenvalue weighted by Gasteiger charge is 2.18. The summed E-state index contributed by atoms with van der Waals surface area (Å²) in [7, 11) is 0. The number of carbonyl (C=O) groups is 1. The molecule has 2 atom stereocenters. The van der Waals surface area contributed by atoms with Gasteiger partial charge in [-0.1, -0.05) is 44.2 Å². The Morgan fingerprint density at radius 2 is 1.84 bits per heavy atom. The zero-order valence-corrected chi connectivity index (χ0v) is 12.1. The van der Waals surface area contributed by atoms with Crippen LogP contribution in [0.5, 0.6) is 0 Å². The Bertz CT molecular complexity index is 376. The first-order valence-electron chi connectivity index (χ1n) is 6.99. The van der Waals surface area contributed by atoms with Crippen LogP contribution < -0.4 is 5.73 Å². The van der Waals surface area contributed by atoms with Crippen LogP contribution in [0.25, 0.3) is 0 Å². The van der Waals surface area contributed by atoms with Gasteiger partial charge >= 0.3 is 5.97 Å². The summed E-state index contributed by atoms with van der Waals surface area (Å²) in [5.74, 6) is 0.229. The molecule has 2 N–H and O–H groups in total. The van der Waals surface area contributed by atoms with Gasteiger partial charge in [-0.15, -0.1) is 0 Å². The van der Waals surface area contributed by atoms with Crippen molar-refractivity contribution in [3.63, 3.8) is 0 Å². The molecule has 0 amide bonds. The molecule has 0 saturated heterocycles. The third kappa shape index (κ3) is 6.39. The normalized spacial score (nSPS) is 14.2. The van der Waals surface area contributed by atoms with Gasteiger partial charge in [-0.3, -0.25) is 4.79 Å². The molecule has 0 saturated carbocycles. The van der Waals surface area contributed by atoms with Crippen LogP contribution in [-0.4, -0.2) is 18.1 Å². The molecule has 0 fully saturated rings. The molecule has 1 aromatic carbocycles. The molecule has 0 aliphatic carbocycles. The second kappa shape index (κ2) is 7.95. The molecule has 0 aromatic heterocycles. The van der Waals surface area contributed by atoms with E-state index in [1.807, 2.05) is 37.3 Å². The lowest BCUT2D eigenvalue weighted by Gasteiger charge is -2.18. The van der Waals surface area contributed by atoms with Crippen molar-refractivity contribution in [1.82, 2.24) is 0 Å². The highest BCUT2D eigenvalue weighted by molar-refractivity contribution is 5.75. The van der Waals surface area contributed by atoms with E-state index in [0.29, 0.717) is 12.3 Å². The Labute approximate surface area is 116 Å². The van der Waals surface area contributed by atoms with Gasteiger partial charge in [-0.05, 0) is 37.7 Å². The largest absolute Gasteiger partial charge is 0.462 e. The SMILES string of the molecule is CC(C)CC(C)OC(=O)[C@@H](N)CCc1ccccc1. The minimum absolute atomic E-state index is 0.0599. The second-order valence-electron chi connectivity index (χ2n) is 5.51. The molecule has 1 rings (SSSR count). The van der Waals surface area contributed by atoms with Crippen LogP contribution in [0.1, 0.15) is 39.2 Å². The Balaban J connectivity index is 2.32. The topological polar surface area (TPSA) is 52.3 Å². The number of nitrogens with two attached hydrogens (primary N) is 1. The summed E-state index contributed by atoms with van der Waals surface area (Å²) in [5.41, 5.74) is 7.06. The van der Waals surface area contributed by atoms with Crippen LogP contribution in [-0.2, 0) is 16.0 Å². The van der Waals surface area contributed by atoms with E-state index in [1.165, 1.54) is 5.56 Å². The highest BCUT2D eigenvalue weighted by atomic mass is 16.5. The van der Waals surface area contributed by atoms with E-state index in [0.717, 1.165) is 12.8 Å². The van der Waals surface area contributed by atoms with Crippen LogP contribution in [0.15, 0.2) is 30.3 Å². The molecular weight excluding hydrogens is 238 g/mol. The first-order valence-corrected chi connectivity index (χ1v) is 6.99. The number of benzene rings is 1. The van der Waals surface area contributed by atoms with Crippen molar-refractivity contribution in [2.75, 3.05) is 0 Å². The minimum atomic E-state index is -0.533. The molecular formula is C16H25NO2. The summed E-state index contributed by atoms with van der Waals surface area (Å²) in [6.45, 7) is 6.14. The zero-order valence-electron chi connectivity index (χ0n) is 12.1. The van der Waals surface area contributed by atoms with Crippen molar-refractivity contribution in [1.29, 1.82) is 0 Å². The molecule has 0 heterocycles. The fraction of sp³-hybridized carbons (Fsp3) is 0.562. The summed E-state index contributed by atoms with van der Waals surface area (Å²) < 4.78 is 5.35. The van der Waals surface area contributed by atoms with Crippen molar-refractivity contribution < 1.29 is 9.53 Å². The molecule has 3 heteroatoms. The number of esters is 1. The third-order valence-corrected chi connectivity index (χ3v) is 3.01. The summed E-state index contributed by atoms with van der Waals surface area (Å²) in [5, 5.41) is 0. The van der Waals surface area contributed by atoms with Gasteiger partial charge < -0.3 is 10.5 Å². The van der Waals surface area contributed by atoms with Gasteiger partial charge in [0.05, 0.1) is 6.10 Å². The zero-order chi connectivity index (χ0) is 14.3. The van der Waals surface area contributed by atoms with Crippen molar-refractivity contribution in [2.45, 2.75) is 52.2 Å². The Morgan fingerprint density at radius 1 is 1.21 bits per heavy atom. The first kappa shape index (κ1) is 15.7. The predicted molar refractivity (Wildman–Crippen MR) is 77.7 cm³/mol. The van der Waals surface area contributed by atoms with Crippen molar-refractivity contribution in [2.24, 2.45) is 11.7 Å². The third-order valence-electron chi connectivity index (χ3n) is 3.01. The lowest BCUT2D eigenvalue weighted by Crippen LogP contribution is -2.35. The number of aryl methyl sites for hydroxylation is 1. The maximum Gasteiger partial charge on any atom is 0.323 e. The number of rotatable bonds is 7. The maximum atomic E-state index is 11.8. The van der Waals surface area contributed by atoms with Crippen LogP contribution >= 0.6 is 0 Å². The van der Waals surface area contributed by atoms with Crippen LogP contribution in [0, 0.1) is 5.92 Å². The summed E-state index contributed by atoms with van der Waals surface area (Å²) in [6, 6.07) is 9.51. The van der Waals surface area contributed by atoms with E-state index in [9.17, 15) is 4.79 Å². The van der Waals surface area contributed by atoms with Gasteiger partial charge in [0.25, 0.3) is 0 Å². The molecule has 0 radical (unpaired) electrons. The molecule has 3 nitrogen and oxygen atoms in total. The number of ether oxygens (including phenoxy) is 1. The van der Waals surface area contributed by atoms with Crippen LogP contribution in [0.4, 0.5) is 0 Å². The number of hydrogen-bond acceptors (Lipinski definition) is 3. The maximum absolute atomic E-state index is 11.8. The van der Waals surface area contributed by atoms with E-state index in [-0.39, 0.29) is 12.1 Å². The van der Waals surface area contributed by atoms with Crippen molar-refractivity contribution >= 4 is 5.97 Å². The Hall–Kier alpha value is -1.35. The van der Waals surface area contributed by atoms with Gasteiger partial charge in [0.15, 0.2) is 0 Å². The smallest absolute Gasteiger partial charge is 0.323 e. The number of hydrogen-bond donors (Lipinski definition) is 1. The van der Waals surface area contributed by atoms with E-state index in [1.54, 1.807) is 0 Å². The van der Waals surface area contributed by atoms with E-state index < -0.39 is 6.04 Å². The Morgan fingerprint density at radius 3 is 2.42 bits per heavy atom. The van der Waals surface area contributed by atoms with Crippen molar-refractivity contribution in [3.05, 3.63) is 35.9 Å². The standard InChI is InChI=1S/C16H25NO2/c1-12(2)11-13(3)19-16(18)15(17)10-9-14-7-5-4-6-8-14/h4-8,12-13,15H,9-11,17H2,1-3H3/t13?,15-/m0/s1. The van der Waals surface area contributed by atoms with E-state index in [2.05, 4.69) is 13.8 Å². The lowest BCUT2D eigenvalue weighted by molar-refractivity contribution is -0.150. The Kier molecular flexibility index (Phi) is 6.57. The monoisotopic (exact) mass is 263 g/mol. The number of carbonyl (C=O) groups excluding carboxylic acids is 1. The lowest BCUT2D eigenvalue weighted by atomic mass is 10.1. The van der Waals surface area contributed by atoms with Gasteiger partial charge in [-0.2, -0.15) is 0 Å².